The van der Waals surface area contributed by atoms with Gasteiger partial charge in [-0.15, -0.1) is 0 Å². The van der Waals surface area contributed by atoms with Crippen LogP contribution in [0.25, 0.3) is 22.3 Å². The highest BCUT2D eigenvalue weighted by Gasteiger charge is 2.31. The molecule has 0 bridgehead atoms. The van der Waals surface area contributed by atoms with Crippen LogP contribution >= 0.6 is 11.6 Å². The van der Waals surface area contributed by atoms with Gasteiger partial charge in [-0.3, -0.25) is 9.69 Å². The third kappa shape index (κ3) is 6.31. The normalized spacial score (nSPS) is 22.1. The molecule has 1 saturated heterocycles. The van der Waals surface area contributed by atoms with Crippen LogP contribution in [-0.4, -0.2) is 86.5 Å². The number of carbonyl (C=O) groups is 1. The van der Waals surface area contributed by atoms with Crippen LogP contribution in [0.15, 0.2) is 48.8 Å². The topological polar surface area (TPSA) is 135 Å². The monoisotopic (exact) mass is 618 g/mol. The van der Waals surface area contributed by atoms with Crippen molar-refractivity contribution in [1.82, 2.24) is 29.5 Å². The van der Waals surface area contributed by atoms with Gasteiger partial charge >= 0.3 is 0 Å². The number of fused-ring (bicyclic) bond motifs is 2. The van der Waals surface area contributed by atoms with Crippen molar-refractivity contribution in [2.24, 2.45) is 0 Å². The highest BCUT2D eigenvalue weighted by Crippen LogP contribution is 2.40. The van der Waals surface area contributed by atoms with E-state index in [-0.39, 0.29) is 6.04 Å². The van der Waals surface area contributed by atoms with Crippen LogP contribution in [-0.2, 0) is 4.79 Å². The van der Waals surface area contributed by atoms with Crippen LogP contribution in [0.3, 0.4) is 0 Å². The first kappa shape index (κ1) is 30.1. The minimum absolute atomic E-state index is 0.000364. The molecule has 2 fully saturated rings. The molecule has 4 heterocycles. The number of nitrogens with zero attached hydrogens (tertiary/aromatic N) is 6. The Bertz CT molecular complexity index is 1610. The number of nitrogens with one attached hydrogen (secondary N) is 1. The lowest BCUT2D eigenvalue weighted by atomic mass is 9.90. The van der Waals surface area contributed by atoms with Gasteiger partial charge in [0.05, 0.1) is 17.5 Å². The van der Waals surface area contributed by atoms with E-state index in [4.69, 9.17) is 37.1 Å². The Hall–Kier alpha value is -3.93. The summed E-state index contributed by atoms with van der Waals surface area (Å²) in [5.41, 5.74) is 11.0. The van der Waals surface area contributed by atoms with Gasteiger partial charge in [0.1, 0.15) is 30.2 Å². The van der Waals surface area contributed by atoms with Crippen molar-refractivity contribution in [3.63, 3.8) is 0 Å². The SMILES string of the molecule is CC(=O)O.CN1CCN([C@H]2CC[C@H](n3nc(-c4ccc(NC5COc6cccc(Cl)c65)cc4)c4c(N)ncnc43)CC2)CC1. The van der Waals surface area contributed by atoms with Gasteiger partial charge in [0.15, 0.2) is 5.65 Å². The zero-order chi connectivity index (χ0) is 30.8. The second-order valence-corrected chi connectivity index (χ2v) is 12.2. The second kappa shape index (κ2) is 13.0. The minimum atomic E-state index is -0.833. The summed E-state index contributed by atoms with van der Waals surface area (Å²) in [6, 6.07) is 15.0. The van der Waals surface area contributed by atoms with Crippen LogP contribution in [0, 0.1) is 0 Å². The molecular weight excluding hydrogens is 580 g/mol. The molecule has 3 aliphatic rings. The number of likely N-dealkylation sites (N-methyl/N-ethyl adjacent to an activating group) is 1. The number of carboxylic acid groups (broad SMARTS) is 1. The molecule has 1 unspecified atom stereocenters. The molecule has 1 saturated carbocycles. The highest BCUT2D eigenvalue weighted by atomic mass is 35.5. The molecule has 7 rings (SSSR count). The molecule has 1 atom stereocenters. The zero-order valence-electron chi connectivity index (χ0n) is 25.1. The molecule has 2 aromatic heterocycles. The fourth-order valence-corrected chi connectivity index (χ4v) is 6.88. The Kier molecular flexibility index (Phi) is 8.88. The second-order valence-electron chi connectivity index (χ2n) is 11.8. The van der Waals surface area contributed by atoms with Crippen LogP contribution in [0.2, 0.25) is 5.02 Å². The molecule has 1 aliphatic carbocycles. The van der Waals surface area contributed by atoms with E-state index in [1.165, 1.54) is 25.9 Å². The number of benzene rings is 2. The van der Waals surface area contributed by atoms with Crippen molar-refractivity contribution in [3.8, 4) is 17.0 Å². The molecule has 0 amide bonds. The molecular formula is C32H39ClN8O3. The number of nitrogen functional groups attached to an aromatic ring is 1. The number of halogens is 1. The molecule has 4 N–H and O–H groups in total. The average molecular weight is 619 g/mol. The molecule has 2 aromatic carbocycles. The van der Waals surface area contributed by atoms with Gasteiger partial charge in [0, 0.05) is 61.0 Å². The number of aromatic nitrogens is 4. The molecule has 0 spiro atoms. The largest absolute Gasteiger partial charge is 0.491 e. The van der Waals surface area contributed by atoms with E-state index in [1.54, 1.807) is 6.33 Å². The number of aliphatic carboxylic acids is 1. The number of nitrogens with two attached hydrogens (primary N) is 1. The van der Waals surface area contributed by atoms with Crippen molar-refractivity contribution in [2.45, 2.75) is 50.7 Å². The molecule has 2 aliphatic heterocycles. The maximum absolute atomic E-state index is 9.00. The Labute approximate surface area is 262 Å². The van der Waals surface area contributed by atoms with Crippen molar-refractivity contribution < 1.29 is 14.6 Å². The number of hydrogen-bond donors (Lipinski definition) is 3. The summed E-state index contributed by atoms with van der Waals surface area (Å²) in [5, 5.41) is 17.6. The van der Waals surface area contributed by atoms with Gasteiger partial charge in [-0.25, -0.2) is 14.6 Å². The van der Waals surface area contributed by atoms with Crippen LogP contribution in [0.1, 0.15) is 50.3 Å². The summed E-state index contributed by atoms with van der Waals surface area (Å²) in [6.07, 6.45) is 6.10. The van der Waals surface area contributed by atoms with E-state index < -0.39 is 5.97 Å². The predicted molar refractivity (Wildman–Crippen MR) is 172 cm³/mol. The highest BCUT2D eigenvalue weighted by molar-refractivity contribution is 6.31. The zero-order valence-corrected chi connectivity index (χ0v) is 25.9. The Balaban J connectivity index is 0.000000810. The number of piperazine rings is 1. The third-order valence-electron chi connectivity index (χ3n) is 8.85. The number of carboxylic acids is 1. The fourth-order valence-electron chi connectivity index (χ4n) is 6.58. The summed E-state index contributed by atoms with van der Waals surface area (Å²) in [7, 11) is 2.21. The lowest BCUT2D eigenvalue weighted by molar-refractivity contribution is -0.134. The Morgan fingerprint density at radius 3 is 2.41 bits per heavy atom. The minimum Gasteiger partial charge on any atom is -0.491 e. The number of hydrogen-bond acceptors (Lipinski definition) is 9. The first-order valence-corrected chi connectivity index (χ1v) is 15.5. The molecule has 12 heteroatoms. The first-order valence-electron chi connectivity index (χ1n) is 15.2. The summed E-state index contributed by atoms with van der Waals surface area (Å²) in [4.78, 5) is 23.1. The number of anilines is 2. The summed E-state index contributed by atoms with van der Waals surface area (Å²) in [6.45, 7) is 6.28. The van der Waals surface area contributed by atoms with Crippen molar-refractivity contribution >= 4 is 40.1 Å². The Morgan fingerprint density at radius 1 is 1.02 bits per heavy atom. The van der Waals surface area contributed by atoms with E-state index in [0.717, 1.165) is 72.1 Å². The third-order valence-corrected chi connectivity index (χ3v) is 9.18. The first-order chi connectivity index (χ1) is 21.3. The molecule has 11 nitrogen and oxygen atoms in total. The van der Waals surface area contributed by atoms with Gasteiger partial charge in [-0.1, -0.05) is 29.8 Å². The van der Waals surface area contributed by atoms with E-state index in [9.17, 15) is 0 Å². The maximum atomic E-state index is 9.00. The van der Waals surface area contributed by atoms with Crippen LogP contribution in [0.4, 0.5) is 11.5 Å². The molecule has 0 radical (unpaired) electrons. The lowest BCUT2D eigenvalue weighted by Gasteiger charge is -2.41. The molecule has 44 heavy (non-hydrogen) atoms. The molecule has 232 valence electrons. The molecule has 4 aromatic rings. The van der Waals surface area contributed by atoms with E-state index in [0.29, 0.717) is 29.5 Å². The lowest BCUT2D eigenvalue weighted by Crippen LogP contribution is -2.49. The van der Waals surface area contributed by atoms with E-state index in [2.05, 4.69) is 61.1 Å². The van der Waals surface area contributed by atoms with Gasteiger partial charge < -0.3 is 25.8 Å². The Morgan fingerprint density at radius 2 is 1.70 bits per heavy atom. The fraction of sp³-hybridized carbons (Fsp3) is 0.438. The van der Waals surface area contributed by atoms with E-state index in [1.807, 2.05) is 18.2 Å². The summed E-state index contributed by atoms with van der Waals surface area (Å²) in [5.74, 6) is 0.473. The van der Waals surface area contributed by atoms with Gasteiger partial charge in [0.2, 0.25) is 0 Å². The van der Waals surface area contributed by atoms with Crippen LogP contribution < -0.4 is 15.8 Å². The standard InChI is InChI=1S/C30H35ClN8O.C2H4O2/c1-37-13-15-38(16-14-37)21-9-11-22(12-10-21)39-30-27(29(32)33-18-34-30)28(36-39)19-5-7-20(8-6-19)35-24-17-40-25-4-2-3-23(31)26(24)25;1-2(3)4/h2-8,18,21-22,24,35H,9-17H2,1H3,(H2,32,33,34);1H3,(H,3,4)/t21-,22-,24?;. The maximum Gasteiger partial charge on any atom is 0.300 e. The summed E-state index contributed by atoms with van der Waals surface area (Å²) < 4.78 is 7.95. The van der Waals surface area contributed by atoms with Crippen molar-refractivity contribution in [3.05, 3.63) is 59.4 Å². The number of ether oxygens (including phenoxy) is 1. The summed E-state index contributed by atoms with van der Waals surface area (Å²) >= 11 is 6.47. The van der Waals surface area contributed by atoms with E-state index >= 15 is 0 Å². The van der Waals surface area contributed by atoms with Crippen LogP contribution in [0.5, 0.6) is 5.75 Å². The van der Waals surface area contributed by atoms with Gasteiger partial charge in [-0.2, -0.15) is 5.10 Å². The van der Waals surface area contributed by atoms with Crippen molar-refractivity contribution in [2.75, 3.05) is 50.9 Å². The average Bonchev–Trinajstić information content (AvgIpc) is 3.61. The quantitative estimate of drug-likeness (QED) is 0.277. The van der Waals surface area contributed by atoms with Crippen molar-refractivity contribution in [1.29, 1.82) is 0 Å². The number of rotatable bonds is 5. The van der Waals surface area contributed by atoms with Gasteiger partial charge in [0.25, 0.3) is 5.97 Å². The smallest absolute Gasteiger partial charge is 0.300 e. The van der Waals surface area contributed by atoms with Gasteiger partial charge in [-0.05, 0) is 57.0 Å². The predicted octanol–water partition coefficient (Wildman–Crippen LogP) is 5.10.